The normalized spacial score (nSPS) is 19.3. The average molecular weight is 210 g/mol. The fraction of sp³-hybridized carbons (Fsp3) is 0.727. The first kappa shape index (κ1) is 10.1. The Kier molecular flexibility index (Phi) is 2.86. The Bertz CT molecular complexity index is 302. The van der Waals surface area contributed by atoms with Gasteiger partial charge < -0.3 is 4.57 Å². The van der Waals surface area contributed by atoms with E-state index in [0.29, 0.717) is 5.41 Å². The lowest BCUT2D eigenvalue weighted by atomic mass is 9.70. The second-order valence-corrected chi connectivity index (χ2v) is 5.25. The standard InChI is InChI=1S/C11H18N2S/c1-10-12-6-7-13(10)8-11(9-14-2)4-3-5-11/h6-7H,3-5,8-9H2,1-2H3. The minimum Gasteiger partial charge on any atom is -0.335 e. The monoisotopic (exact) mass is 210 g/mol. The Hall–Kier alpha value is -0.440. The molecule has 1 aliphatic rings. The van der Waals surface area contributed by atoms with Gasteiger partial charge in [-0.05, 0) is 31.4 Å². The third kappa shape index (κ3) is 1.83. The molecular weight excluding hydrogens is 192 g/mol. The van der Waals surface area contributed by atoms with E-state index in [1.165, 1.54) is 31.6 Å². The van der Waals surface area contributed by atoms with Crippen molar-refractivity contribution in [2.75, 3.05) is 12.0 Å². The van der Waals surface area contributed by atoms with Gasteiger partial charge in [-0.15, -0.1) is 0 Å². The Labute approximate surface area is 90.1 Å². The zero-order valence-corrected chi connectivity index (χ0v) is 9.81. The summed E-state index contributed by atoms with van der Waals surface area (Å²) >= 11 is 1.98. The summed E-state index contributed by atoms with van der Waals surface area (Å²) < 4.78 is 2.30. The van der Waals surface area contributed by atoms with Crippen molar-refractivity contribution >= 4 is 11.8 Å². The van der Waals surface area contributed by atoms with E-state index in [9.17, 15) is 0 Å². The molecule has 1 saturated carbocycles. The molecule has 0 spiro atoms. The highest BCUT2D eigenvalue weighted by molar-refractivity contribution is 7.98. The van der Waals surface area contributed by atoms with Gasteiger partial charge in [0.15, 0.2) is 0 Å². The fourth-order valence-corrected chi connectivity index (χ4v) is 3.26. The highest BCUT2D eigenvalue weighted by Crippen LogP contribution is 2.44. The lowest BCUT2D eigenvalue weighted by Crippen LogP contribution is -2.36. The van der Waals surface area contributed by atoms with Gasteiger partial charge in [-0.25, -0.2) is 4.98 Å². The van der Waals surface area contributed by atoms with Crippen LogP contribution in [0.5, 0.6) is 0 Å². The topological polar surface area (TPSA) is 17.8 Å². The van der Waals surface area contributed by atoms with E-state index in [4.69, 9.17) is 0 Å². The molecule has 0 saturated heterocycles. The molecule has 1 heterocycles. The van der Waals surface area contributed by atoms with Crippen LogP contribution in [0.25, 0.3) is 0 Å². The van der Waals surface area contributed by atoms with Gasteiger partial charge in [0.1, 0.15) is 5.82 Å². The van der Waals surface area contributed by atoms with Crippen LogP contribution in [0.1, 0.15) is 25.1 Å². The minimum absolute atomic E-state index is 0.574. The molecule has 2 nitrogen and oxygen atoms in total. The Morgan fingerprint density at radius 1 is 1.57 bits per heavy atom. The molecule has 0 radical (unpaired) electrons. The second kappa shape index (κ2) is 3.97. The summed E-state index contributed by atoms with van der Waals surface area (Å²) in [6.07, 6.45) is 10.4. The summed E-state index contributed by atoms with van der Waals surface area (Å²) in [5.74, 6) is 2.45. The first-order chi connectivity index (χ1) is 6.76. The number of rotatable bonds is 4. The molecule has 14 heavy (non-hydrogen) atoms. The van der Waals surface area contributed by atoms with Crippen LogP contribution in [-0.2, 0) is 6.54 Å². The molecule has 3 heteroatoms. The first-order valence-corrected chi connectivity index (χ1v) is 6.62. The summed E-state index contributed by atoms with van der Waals surface area (Å²) in [7, 11) is 0. The van der Waals surface area contributed by atoms with Gasteiger partial charge in [0.25, 0.3) is 0 Å². The van der Waals surface area contributed by atoms with Crippen LogP contribution in [0, 0.1) is 12.3 Å². The molecule has 0 amide bonds. The van der Waals surface area contributed by atoms with Crippen molar-refractivity contribution in [1.29, 1.82) is 0 Å². The SMILES string of the molecule is CSCC1(Cn2ccnc2C)CCC1. The predicted octanol–water partition coefficient (Wildman–Crippen LogP) is 2.72. The number of aromatic nitrogens is 2. The Balaban J connectivity index is 2.05. The highest BCUT2D eigenvalue weighted by Gasteiger charge is 2.36. The summed E-state index contributed by atoms with van der Waals surface area (Å²) in [6, 6.07) is 0. The number of hydrogen-bond donors (Lipinski definition) is 0. The van der Waals surface area contributed by atoms with Crippen LogP contribution in [0.2, 0.25) is 0 Å². The largest absolute Gasteiger partial charge is 0.335 e. The molecule has 0 bridgehead atoms. The molecule has 0 unspecified atom stereocenters. The van der Waals surface area contributed by atoms with Crippen LogP contribution < -0.4 is 0 Å². The van der Waals surface area contributed by atoms with E-state index < -0.39 is 0 Å². The first-order valence-electron chi connectivity index (χ1n) is 5.22. The van der Waals surface area contributed by atoms with Gasteiger partial charge in [-0.3, -0.25) is 0 Å². The lowest BCUT2D eigenvalue weighted by molar-refractivity contribution is 0.137. The zero-order chi connectivity index (χ0) is 10.0. The van der Waals surface area contributed by atoms with E-state index >= 15 is 0 Å². The van der Waals surface area contributed by atoms with Crippen molar-refractivity contribution < 1.29 is 0 Å². The maximum atomic E-state index is 4.28. The number of nitrogens with zero attached hydrogens (tertiary/aromatic N) is 2. The molecular formula is C11H18N2S. The Morgan fingerprint density at radius 3 is 2.79 bits per heavy atom. The predicted molar refractivity (Wildman–Crippen MR) is 61.6 cm³/mol. The quantitative estimate of drug-likeness (QED) is 0.760. The van der Waals surface area contributed by atoms with E-state index in [-0.39, 0.29) is 0 Å². The van der Waals surface area contributed by atoms with Crippen LogP contribution in [-0.4, -0.2) is 21.6 Å². The molecule has 78 valence electrons. The van der Waals surface area contributed by atoms with Crippen LogP contribution >= 0.6 is 11.8 Å². The number of hydrogen-bond acceptors (Lipinski definition) is 2. The van der Waals surface area contributed by atoms with Crippen molar-refractivity contribution in [3.63, 3.8) is 0 Å². The van der Waals surface area contributed by atoms with Gasteiger partial charge in [0, 0.05) is 24.7 Å². The van der Waals surface area contributed by atoms with E-state index in [0.717, 1.165) is 5.82 Å². The van der Waals surface area contributed by atoms with Gasteiger partial charge in [-0.2, -0.15) is 11.8 Å². The summed E-state index contributed by atoms with van der Waals surface area (Å²) in [5, 5.41) is 0. The average Bonchev–Trinajstić information content (AvgIpc) is 2.48. The van der Waals surface area contributed by atoms with E-state index in [2.05, 4.69) is 28.9 Å². The molecule has 0 aromatic carbocycles. The molecule has 1 aromatic rings. The molecule has 2 rings (SSSR count). The second-order valence-electron chi connectivity index (χ2n) is 4.39. The Morgan fingerprint density at radius 2 is 2.36 bits per heavy atom. The van der Waals surface area contributed by atoms with Gasteiger partial charge in [0.2, 0.25) is 0 Å². The molecule has 1 aliphatic carbocycles. The third-order valence-electron chi connectivity index (χ3n) is 3.29. The van der Waals surface area contributed by atoms with Crippen molar-refractivity contribution in [3.05, 3.63) is 18.2 Å². The molecule has 1 aromatic heterocycles. The molecule has 1 fully saturated rings. The van der Waals surface area contributed by atoms with Gasteiger partial charge >= 0.3 is 0 Å². The fourth-order valence-electron chi connectivity index (χ4n) is 2.26. The maximum absolute atomic E-state index is 4.28. The van der Waals surface area contributed by atoms with Gasteiger partial charge in [0.05, 0.1) is 0 Å². The third-order valence-corrected chi connectivity index (χ3v) is 4.20. The molecule has 0 atom stereocenters. The summed E-state index contributed by atoms with van der Waals surface area (Å²) in [5.41, 5.74) is 0.574. The summed E-state index contributed by atoms with van der Waals surface area (Å²) in [6.45, 7) is 3.26. The van der Waals surface area contributed by atoms with Crippen LogP contribution in [0.3, 0.4) is 0 Å². The molecule has 0 aliphatic heterocycles. The smallest absolute Gasteiger partial charge is 0.105 e. The maximum Gasteiger partial charge on any atom is 0.105 e. The van der Waals surface area contributed by atoms with E-state index in [1.54, 1.807) is 0 Å². The van der Waals surface area contributed by atoms with Crippen LogP contribution in [0.15, 0.2) is 12.4 Å². The molecule has 0 N–H and O–H groups in total. The van der Waals surface area contributed by atoms with Crippen molar-refractivity contribution in [1.82, 2.24) is 9.55 Å². The number of imidazole rings is 1. The lowest BCUT2D eigenvalue weighted by Gasteiger charge is -2.42. The summed E-state index contributed by atoms with van der Waals surface area (Å²) in [4.78, 5) is 4.28. The van der Waals surface area contributed by atoms with Crippen molar-refractivity contribution in [2.45, 2.75) is 32.7 Å². The number of thioether (sulfide) groups is 1. The van der Waals surface area contributed by atoms with E-state index in [1.807, 2.05) is 18.0 Å². The minimum atomic E-state index is 0.574. The van der Waals surface area contributed by atoms with Crippen molar-refractivity contribution in [3.8, 4) is 0 Å². The highest BCUT2D eigenvalue weighted by atomic mass is 32.2. The van der Waals surface area contributed by atoms with Crippen molar-refractivity contribution in [2.24, 2.45) is 5.41 Å². The zero-order valence-electron chi connectivity index (χ0n) is 8.99. The van der Waals surface area contributed by atoms with Crippen LogP contribution in [0.4, 0.5) is 0 Å². The number of aryl methyl sites for hydroxylation is 1. The van der Waals surface area contributed by atoms with Gasteiger partial charge in [-0.1, -0.05) is 6.42 Å².